The highest BCUT2D eigenvalue weighted by atomic mass is 28.3. The second kappa shape index (κ2) is 5.84. The van der Waals surface area contributed by atoms with Crippen molar-refractivity contribution in [2.24, 2.45) is 28.7 Å². The highest BCUT2D eigenvalue weighted by molar-refractivity contribution is 6.78. The van der Waals surface area contributed by atoms with Gasteiger partial charge >= 0.3 is 0 Å². The van der Waals surface area contributed by atoms with Gasteiger partial charge in [-0.25, -0.2) is 0 Å². The summed E-state index contributed by atoms with van der Waals surface area (Å²) < 4.78 is 2.80. The van der Waals surface area contributed by atoms with Gasteiger partial charge in [0.25, 0.3) is 0 Å². The number of rotatable bonds is 2. The maximum atomic E-state index is 4.96. The van der Waals surface area contributed by atoms with Crippen molar-refractivity contribution in [3.05, 3.63) is 0 Å². The molecule has 2 heterocycles. The molecule has 1 saturated heterocycles. The molecule has 1 aliphatic carbocycles. The van der Waals surface area contributed by atoms with Crippen molar-refractivity contribution in [1.29, 1.82) is 0 Å². The maximum Gasteiger partial charge on any atom is 0.188 e. The van der Waals surface area contributed by atoms with Crippen molar-refractivity contribution in [3.63, 3.8) is 0 Å². The molecule has 3 rings (SSSR count). The number of aliphatic imine (C=N–C) groups is 1. The topological polar surface area (TPSA) is 18.8 Å². The minimum atomic E-state index is -1.53. The lowest BCUT2D eigenvalue weighted by Crippen LogP contribution is -2.64. The molecule has 0 aromatic carbocycles. The fourth-order valence-electron chi connectivity index (χ4n) is 5.73. The molecule has 4 atom stereocenters. The van der Waals surface area contributed by atoms with Gasteiger partial charge in [-0.3, -0.25) is 4.99 Å². The summed E-state index contributed by atoms with van der Waals surface area (Å²) in [5, 5.41) is 0. The van der Waals surface area contributed by atoms with Crippen LogP contribution in [0.5, 0.6) is 0 Å². The van der Waals surface area contributed by atoms with E-state index in [1.165, 1.54) is 38.4 Å². The third kappa shape index (κ3) is 2.42. The van der Waals surface area contributed by atoms with Crippen LogP contribution in [0, 0.1) is 23.7 Å². The van der Waals surface area contributed by atoms with Crippen LogP contribution in [0.15, 0.2) is 4.99 Å². The van der Waals surface area contributed by atoms with Crippen molar-refractivity contribution in [2.45, 2.75) is 59.2 Å². The molecule has 0 N–H and O–H groups in total. The van der Waals surface area contributed by atoms with Crippen molar-refractivity contribution >= 4 is 14.2 Å². The van der Waals surface area contributed by atoms with E-state index >= 15 is 0 Å². The van der Waals surface area contributed by atoms with Gasteiger partial charge in [0.1, 0.15) is 0 Å². The van der Waals surface area contributed by atoms with E-state index in [4.69, 9.17) is 4.99 Å². The normalized spacial score (nSPS) is 39.7. The Bertz CT molecular complexity index is 434. The predicted molar refractivity (Wildman–Crippen MR) is 97.7 cm³/mol. The molecule has 0 radical (unpaired) electrons. The summed E-state index contributed by atoms with van der Waals surface area (Å²) in [5.41, 5.74) is 0.891. The number of nitrogens with zero attached hydrogens (tertiary/aromatic N) is 3. The van der Waals surface area contributed by atoms with E-state index in [1.54, 1.807) is 0 Å². The second-order valence-corrected chi connectivity index (χ2v) is 13.2. The Morgan fingerprint density at radius 1 is 0.864 bits per heavy atom. The molecule has 0 spiro atoms. The fourth-order valence-corrected chi connectivity index (χ4v) is 10.7. The quantitative estimate of drug-likeness (QED) is 0.719. The van der Waals surface area contributed by atoms with E-state index in [1.807, 2.05) is 0 Å². The third-order valence-corrected chi connectivity index (χ3v) is 11.8. The number of hydrogen-bond donors (Lipinski definition) is 0. The lowest BCUT2D eigenvalue weighted by molar-refractivity contribution is 0.290. The monoisotopic (exact) mass is 321 g/mol. The average molecular weight is 322 g/mol. The summed E-state index contributed by atoms with van der Waals surface area (Å²) in [4.78, 5) is 7.53. The number of guanidine groups is 1. The zero-order valence-corrected chi connectivity index (χ0v) is 16.5. The fraction of sp³-hybridized carbons (Fsp3) is 0.944. The Balaban J connectivity index is 1.90. The Kier molecular flexibility index (Phi) is 4.34. The van der Waals surface area contributed by atoms with Crippen LogP contribution in [-0.4, -0.2) is 49.8 Å². The molecule has 4 unspecified atom stereocenters. The molecule has 2 aliphatic heterocycles. The standard InChI is InChI=1S/C18H35N3Si/c1-13-14(2)16(4)17(15(13)3)22(5,6)21-12-8-11-20-10-7-9-19-18(20)21/h13-17H,7-12H2,1-6H3. The van der Waals surface area contributed by atoms with E-state index in [0.717, 1.165) is 35.8 Å². The first kappa shape index (κ1) is 16.3. The first-order chi connectivity index (χ1) is 10.4. The first-order valence-corrected chi connectivity index (χ1v) is 12.4. The molecule has 0 aromatic heterocycles. The Morgan fingerprint density at radius 2 is 1.45 bits per heavy atom. The van der Waals surface area contributed by atoms with Gasteiger partial charge in [0.15, 0.2) is 14.2 Å². The van der Waals surface area contributed by atoms with Gasteiger partial charge in [-0.2, -0.15) is 0 Å². The second-order valence-electron chi connectivity index (χ2n) is 8.64. The van der Waals surface area contributed by atoms with Gasteiger partial charge in [0.2, 0.25) is 0 Å². The number of fused-ring (bicyclic) bond motifs is 1. The van der Waals surface area contributed by atoms with Gasteiger partial charge < -0.3 is 9.47 Å². The number of hydrogen-bond acceptors (Lipinski definition) is 3. The summed E-state index contributed by atoms with van der Waals surface area (Å²) in [7, 11) is -1.53. The smallest absolute Gasteiger partial charge is 0.188 e. The lowest BCUT2D eigenvalue weighted by atomic mass is 9.92. The largest absolute Gasteiger partial charge is 0.370 e. The van der Waals surface area contributed by atoms with Crippen LogP contribution in [0.1, 0.15) is 40.5 Å². The molecule has 2 fully saturated rings. The van der Waals surface area contributed by atoms with Gasteiger partial charge in [-0.15, -0.1) is 0 Å². The van der Waals surface area contributed by atoms with Crippen LogP contribution in [0.2, 0.25) is 18.6 Å². The average Bonchev–Trinajstić information content (AvgIpc) is 2.70. The molecule has 0 amide bonds. The van der Waals surface area contributed by atoms with Crippen molar-refractivity contribution in [2.75, 3.05) is 26.2 Å². The third-order valence-electron chi connectivity index (χ3n) is 7.31. The van der Waals surface area contributed by atoms with Crippen LogP contribution in [0.4, 0.5) is 0 Å². The Hall–Kier alpha value is -0.513. The molecule has 3 aliphatic rings. The van der Waals surface area contributed by atoms with E-state index in [2.05, 4.69) is 50.3 Å². The van der Waals surface area contributed by atoms with Gasteiger partial charge in [0, 0.05) is 26.2 Å². The van der Waals surface area contributed by atoms with Gasteiger partial charge in [0.05, 0.1) is 0 Å². The van der Waals surface area contributed by atoms with Crippen molar-refractivity contribution < 1.29 is 0 Å². The van der Waals surface area contributed by atoms with Crippen LogP contribution in [-0.2, 0) is 0 Å². The van der Waals surface area contributed by atoms with Crippen LogP contribution < -0.4 is 0 Å². The molecule has 0 bridgehead atoms. The van der Waals surface area contributed by atoms with E-state index in [0.29, 0.717) is 0 Å². The maximum absolute atomic E-state index is 4.96. The van der Waals surface area contributed by atoms with Gasteiger partial charge in [-0.05, 0) is 42.1 Å². The van der Waals surface area contributed by atoms with E-state index in [9.17, 15) is 0 Å². The molecular formula is C18H35N3Si. The predicted octanol–water partition coefficient (Wildman–Crippen LogP) is 3.89. The van der Waals surface area contributed by atoms with Gasteiger partial charge in [-0.1, -0.05) is 40.8 Å². The zero-order valence-electron chi connectivity index (χ0n) is 15.5. The van der Waals surface area contributed by atoms with Crippen LogP contribution in [0.3, 0.4) is 0 Å². The highest BCUT2D eigenvalue weighted by Crippen LogP contribution is 2.54. The molecular weight excluding hydrogens is 286 g/mol. The van der Waals surface area contributed by atoms with Crippen LogP contribution in [0.25, 0.3) is 0 Å². The van der Waals surface area contributed by atoms with Crippen molar-refractivity contribution in [1.82, 2.24) is 9.47 Å². The molecule has 4 heteroatoms. The summed E-state index contributed by atoms with van der Waals surface area (Å²) in [5.74, 6) is 4.79. The van der Waals surface area contributed by atoms with E-state index < -0.39 is 8.24 Å². The van der Waals surface area contributed by atoms with Crippen molar-refractivity contribution in [3.8, 4) is 0 Å². The summed E-state index contributed by atoms with van der Waals surface area (Å²) >= 11 is 0. The molecule has 126 valence electrons. The highest BCUT2D eigenvalue weighted by Gasteiger charge is 2.53. The molecule has 3 nitrogen and oxygen atoms in total. The Labute approximate surface area is 138 Å². The SMILES string of the molecule is CC1C(C)C(C)C([Si](C)(C)N2CCCN3CCCN=C32)C1C. The molecule has 1 saturated carbocycles. The Morgan fingerprint density at radius 3 is 2.09 bits per heavy atom. The zero-order chi connectivity index (χ0) is 16.1. The summed E-state index contributed by atoms with van der Waals surface area (Å²) in [6, 6.07) is 0. The minimum Gasteiger partial charge on any atom is -0.370 e. The summed E-state index contributed by atoms with van der Waals surface area (Å²) in [6.45, 7) is 20.0. The minimum absolute atomic E-state index is 0.853. The molecule has 22 heavy (non-hydrogen) atoms. The summed E-state index contributed by atoms with van der Waals surface area (Å²) in [6.07, 6.45) is 2.56. The lowest BCUT2D eigenvalue weighted by Gasteiger charge is -2.51. The molecule has 0 aromatic rings. The first-order valence-electron chi connectivity index (χ1n) is 9.42. The van der Waals surface area contributed by atoms with E-state index in [-0.39, 0.29) is 0 Å². The van der Waals surface area contributed by atoms with Crippen LogP contribution >= 0.6 is 0 Å².